The predicted molar refractivity (Wildman–Crippen MR) is 73.1 cm³/mol. The highest BCUT2D eigenvalue weighted by Crippen LogP contribution is 2.24. The highest BCUT2D eigenvalue weighted by molar-refractivity contribution is 6.30. The average Bonchev–Trinajstić information content (AvgIpc) is 2.61. The van der Waals surface area contributed by atoms with Gasteiger partial charge in [0.1, 0.15) is 6.54 Å². The number of carboxylic acids is 1. The van der Waals surface area contributed by atoms with Crippen LogP contribution < -0.4 is 0 Å². The SMILES string of the molecule is Cc1ccc(Cl)cc1/C=C1\CC(=O)N(CC(=O)O)C1=O. The molecule has 1 N–H and O–H groups in total. The van der Waals surface area contributed by atoms with E-state index in [0.29, 0.717) is 5.02 Å². The van der Waals surface area contributed by atoms with Gasteiger partial charge in [-0.25, -0.2) is 0 Å². The van der Waals surface area contributed by atoms with Crippen LogP contribution >= 0.6 is 11.6 Å². The Labute approximate surface area is 120 Å². The van der Waals surface area contributed by atoms with Crippen LogP contribution in [0.4, 0.5) is 0 Å². The first-order valence-corrected chi connectivity index (χ1v) is 6.29. The molecule has 1 aliphatic heterocycles. The summed E-state index contributed by atoms with van der Waals surface area (Å²) in [5, 5.41) is 9.21. The highest BCUT2D eigenvalue weighted by Gasteiger charge is 2.34. The Morgan fingerprint density at radius 1 is 1.45 bits per heavy atom. The van der Waals surface area contributed by atoms with Crippen LogP contribution in [0, 0.1) is 6.92 Å². The summed E-state index contributed by atoms with van der Waals surface area (Å²) in [5.74, 6) is -2.27. The van der Waals surface area contributed by atoms with Gasteiger partial charge < -0.3 is 5.11 Å². The molecule has 2 rings (SSSR count). The normalized spacial score (nSPS) is 17.1. The fraction of sp³-hybridized carbons (Fsp3) is 0.214. The first kappa shape index (κ1) is 14.3. The van der Waals surface area contributed by atoms with Crippen molar-refractivity contribution in [3.8, 4) is 0 Å². The molecular weight excluding hydrogens is 282 g/mol. The van der Waals surface area contributed by atoms with Gasteiger partial charge in [-0.05, 0) is 36.3 Å². The third-order valence-electron chi connectivity index (χ3n) is 3.03. The Bertz CT molecular complexity index is 636. The van der Waals surface area contributed by atoms with Gasteiger partial charge in [0, 0.05) is 10.6 Å². The number of aryl methyl sites for hydroxylation is 1. The van der Waals surface area contributed by atoms with Crippen molar-refractivity contribution in [2.24, 2.45) is 0 Å². The standard InChI is InChI=1S/C14H12ClNO4/c1-8-2-3-11(15)5-9(8)4-10-6-12(17)16(14(10)20)7-13(18)19/h2-5H,6-7H2,1H3,(H,18,19)/b10-4+. The molecule has 1 heterocycles. The van der Waals surface area contributed by atoms with E-state index in [1.54, 1.807) is 18.2 Å². The molecule has 1 aromatic rings. The number of hydrogen-bond acceptors (Lipinski definition) is 3. The zero-order valence-corrected chi connectivity index (χ0v) is 11.5. The van der Waals surface area contributed by atoms with Crippen molar-refractivity contribution in [1.29, 1.82) is 0 Å². The summed E-state index contributed by atoms with van der Waals surface area (Å²) < 4.78 is 0. The molecule has 1 aromatic carbocycles. The average molecular weight is 294 g/mol. The van der Waals surface area contributed by atoms with Gasteiger partial charge in [-0.1, -0.05) is 17.7 Å². The van der Waals surface area contributed by atoms with Gasteiger partial charge in [0.25, 0.3) is 5.91 Å². The fourth-order valence-corrected chi connectivity index (χ4v) is 2.16. The van der Waals surface area contributed by atoms with Crippen molar-refractivity contribution in [3.05, 3.63) is 39.9 Å². The minimum absolute atomic E-state index is 0.0853. The summed E-state index contributed by atoms with van der Waals surface area (Å²) in [6, 6.07) is 5.24. The van der Waals surface area contributed by atoms with Crippen molar-refractivity contribution in [1.82, 2.24) is 4.90 Å². The number of hydrogen-bond donors (Lipinski definition) is 1. The molecule has 0 saturated carbocycles. The smallest absolute Gasteiger partial charge is 0.323 e. The van der Waals surface area contributed by atoms with Gasteiger partial charge in [-0.3, -0.25) is 19.3 Å². The predicted octanol–water partition coefficient (Wildman–Crippen LogP) is 1.88. The van der Waals surface area contributed by atoms with Crippen LogP contribution in [0.1, 0.15) is 17.5 Å². The first-order valence-electron chi connectivity index (χ1n) is 5.91. The van der Waals surface area contributed by atoms with Crippen LogP contribution in [0.3, 0.4) is 0 Å². The lowest BCUT2D eigenvalue weighted by molar-refractivity contribution is -0.148. The summed E-state index contributed by atoms with van der Waals surface area (Å²) in [4.78, 5) is 35.0. The Morgan fingerprint density at radius 2 is 2.15 bits per heavy atom. The van der Waals surface area contributed by atoms with E-state index in [9.17, 15) is 14.4 Å². The van der Waals surface area contributed by atoms with Crippen LogP contribution in [0.25, 0.3) is 6.08 Å². The maximum absolute atomic E-state index is 12.0. The molecule has 104 valence electrons. The molecule has 0 spiro atoms. The lowest BCUT2D eigenvalue weighted by Crippen LogP contribution is -2.34. The molecule has 2 amide bonds. The van der Waals surface area contributed by atoms with E-state index in [1.165, 1.54) is 0 Å². The minimum Gasteiger partial charge on any atom is -0.480 e. The molecule has 6 heteroatoms. The number of likely N-dealkylation sites (tertiary alicyclic amines) is 1. The number of carbonyl (C=O) groups excluding carboxylic acids is 2. The van der Waals surface area contributed by atoms with Gasteiger partial charge in [-0.15, -0.1) is 0 Å². The summed E-state index contributed by atoms with van der Waals surface area (Å²) >= 11 is 5.90. The fourth-order valence-electron chi connectivity index (χ4n) is 1.98. The number of aliphatic carboxylic acids is 1. The second kappa shape index (κ2) is 5.46. The van der Waals surface area contributed by atoms with Crippen LogP contribution in [0.2, 0.25) is 5.02 Å². The van der Waals surface area contributed by atoms with Crippen LogP contribution in [-0.2, 0) is 14.4 Å². The number of rotatable bonds is 3. The number of imide groups is 1. The Kier molecular flexibility index (Phi) is 3.90. The summed E-state index contributed by atoms with van der Waals surface area (Å²) in [6.45, 7) is 1.25. The van der Waals surface area contributed by atoms with E-state index in [0.717, 1.165) is 16.0 Å². The molecule has 0 radical (unpaired) electrons. The monoisotopic (exact) mass is 293 g/mol. The molecule has 0 unspecified atom stereocenters. The van der Waals surface area contributed by atoms with Gasteiger partial charge >= 0.3 is 5.97 Å². The molecule has 1 fully saturated rings. The van der Waals surface area contributed by atoms with E-state index in [-0.39, 0.29) is 12.0 Å². The lowest BCUT2D eigenvalue weighted by atomic mass is 10.0. The summed E-state index contributed by atoms with van der Waals surface area (Å²) in [5.41, 5.74) is 1.94. The van der Waals surface area contributed by atoms with Crippen LogP contribution in [0.15, 0.2) is 23.8 Å². The zero-order valence-electron chi connectivity index (χ0n) is 10.7. The maximum Gasteiger partial charge on any atom is 0.323 e. The Morgan fingerprint density at radius 3 is 2.80 bits per heavy atom. The van der Waals surface area contributed by atoms with E-state index in [2.05, 4.69) is 0 Å². The quantitative estimate of drug-likeness (QED) is 0.682. The number of nitrogens with zero attached hydrogens (tertiary/aromatic N) is 1. The number of halogens is 1. The van der Waals surface area contributed by atoms with Crippen molar-refractivity contribution >= 4 is 35.5 Å². The topological polar surface area (TPSA) is 74.7 Å². The highest BCUT2D eigenvalue weighted by atomic mass is 35.5. The number of carboxylic acid groups (broad SMARTS) is 1. The zero-order chi connectivity index (χ0) is 14.9. The third-order valence-corrected chi connectivity index (χ3v) is 3.26. The molecule has 0 bridgehead atoms. The van der Waals surface area contributed by atoms with Crippen molar-refractivity contribution in [3.63, 3.8) is 0 Å². The summed E-state index contributed by atoms with van der Waals surface area (Å²) in [6.07, 6.45) is 1.50. The molecule has 1 saturated heterocycles. The second-order valence-corrected chi connectivity index (χ2v) is 4.96. The van der Waals surface area contributed by atoms with Crippen LogP contribution in [-0.4, -0.2) is 34.3 Å². The summed E-state index contributed by atoms with van der Waals surface area (Å²) in [7, 11) is 0. The molecule has 0 aromatic heterocycles. The third kappa shape index (κ3) is 2.88. The van der Waals surface area contributed by atoms with Gasteiger partial charge in [0.2, 0.25) is 5.91 Å². The molecule has 20 heavy (non-hydrogen) atoms. The van der Waals surface area contributed by atoms with Crippen molar-refractivity contribution < 1.29 is 19.5 Å². The Hall–Kier alpha value is -2.14. The van der Waals surface area contributed by atoms with Gasteiger partial charge in [0.15, 0.2) is 0 Å². The number of amides is 2. The molecule has 5 nitrogen and oxygen atoms in total. The van der Waals surface area contributed by atoms with E-state index in [4.69, 9.17) is 16.7 Å². The number of carbonyl (C=O) groups is 3. The van der Waals surface area contributed by atoms with E-state index in [1.807, 2.05) is 13.0 Å². The minimum atomic E-state index is -1.22. The van der Waals surface area contributed by atoms with Crippen molar-refractivity contribution in [2.75, 3.05) is 6.54 Å². The largest absolute Gasteiger partial charge is 0.480 e. The van der Waals surface area contributed by atoms with Crippen LogP contribution in [0.5, 0.6) is 0 Å². The van der Waals surface area contributed by atoms with Crippen molar-refractivity contribution in [2.45, 2.75) is 13.3 Å². The van der Waals surface area contributed by atoms with Gasteiger partial charge in [-0.2, -0.15) is 0 Å². The van der Waals surface area contributed by atoms with E-state index >= 15 is 0 Å². The molecule has 0 aliphatic carbocycles. The second-order valence-electron chi connectivity index (χ2n) is 4.53. The molecular formula is C14H12ClNO4. The number of benzene rings is 1. The molecule has 0 atom stereocenters. The van der Waals surface area contributed by atoms with E-state index < -0.39 is 24.3 Å². The molecule has 1 aliphatic rings. The Balaban J connectivity index is 2.32. The lowest BCUT2D eigenvalue weighted by Gasteiger charge is -2.09. The first-order chi connectivity index (χ1) is 9.38. The van der Waals surface area contributed by atoms with Gasteiger partial charge in [0.05, 0.1) is 6.42 Å². The maximum atomic E-state index is 12.0.